The fourth-order valence-corrected chi connectivity index (χ4v) is 1.13. The predicted molar refractivity (Wildman–Crippen MR) is 52.3 cm³/mol. The Bertz CT molecular complexity index is 297. The first kappa shape index (κ1) is 10.2. The van der Waals surface area contributed by atoms with E-state index >= 15 is 0 Å². The fourth-order valence-electron chi connectivity index (χ4n) is 1.13. The number of aliphatic hydroxyl groups is 1. The van der Waals surface area contributed by atoms with Crippen LogP contribution in [-0.2, 0) is 0 Å². The van der Waals surface area contributed by atoms with Crippen LogP contribution in [0, 0.1) is 13.8 Å². The summed E-state index contributed by atoms with van der Waals surface area (Å²) >= 11 is 0. The lowest BCUT2D eigenvalue weighted by atomic mass is 10.0. The highest BCUT2D eigenvalue weighted by atomic mass is 16.3. The number of aromatic nitrogens is 1. The lowest BCUT2D eigenvalue weighted by Gasteiger charge is -2.15. The van der Waals surface area contributed by atoms with Crippen LogP contribution in [0.25, 0.3) is 0 Å². The third-order valence-electron chi connectivity index (χ3n) is 2.20. The molecule has 0 aromatic carbocycles. The lowest BCUT2D eigenvalue weighted by molar-refractivity contribution is 0.153. The second-order valence-electron chi connectivity index (χ2n) is 3.47. The van der Waals surface area contributed by atoms with Gasteiger partial charge in [-0.15, -0.1) is 0 Å². The van der Waals surface area contributed by atoms with Crippen LogP contribution in [0.2, 0.25) is 0 Å². The van der Waals surface area contributed by atoms with Gasteiger partial charge in [0.15, 0.2) is 0 Å². The maximum absolute atomic E-state index is 9.65. The first-order valence-electron chi connectivity index (χ1n) is 4.39. The Morgan fingerprint density at radius 2 is 2.08 bits per heavy atom. The van der Waals surface area contributed by atoms with Gasteiger partial charge in [-0.25, -0.2) is 0 Å². The molecule has 0 saturated heterocycles. The summed E-state index contributed by atoms with van der Waals surface area (Å²) in [4.78, 5) is 4.17. The number of rotatable bonds is 2. The minimum atomic E-state index is -0.619. The van der Waals surface area contributed by atoms with Gasteiger partial charge in [0.1, 0.15) is 0 Å². The van der Waals surface area contributed by atoms with Gasteiger partial charge in [0.25, 0.3) is 0 Å². The highest BCUT2D eigenvalue weighted by Crippen LogP contribution is 2.16. The summed E-state index contributed by atoms with van der Waals surface area (Å²) in [6.07, 6.45) is 1.06. The van der Waals surface area contributed by atoms with Crippen molar-refractivity contribution in [3.63, 3.8) is 0 Å². The van der Waals surface area contributed by atoms with Crippen molar-refractivity contribution in [2.24, 2.45) is 5.73 Å². The van der Waals surface area contributed by atoms with Gasteiger partial charge >= 0.3 is 0 Å². The van der Waals surface area contributed by atoms with E-state index in [1.54, 1.807) is 13.1 Å². The Kier molecular flexibility index (Phi) is 3.01. The van der Waals surface area contributed by atoms with Gasteiger partial charge in [-0.3, -0.25) is 4.98 Å². The molecule has 72 valence electrons. The van der Waals surface area contributed by atoms with Gasteiger partial charge in [-0.05, 0) is 26.3 Å². The number of nitrogens with two attached hydrogens (primary N) is 1. The summed E-state index contributed by atoms with van der Waals surface area (Å²) in [5, 5.41) is 9.65. The number of aliphatic hydroxyl groups excluding tert-OH is 1. The summed E-state index contributed by atoms with van der Waals surface area (Å²) in [5.74, 6) is 0. The highest BCUT2D eigenvalue weighted by Gasteiger charge is 2.12. The van der Waals surface area contributed by atoms with Crippen molar-refractivity contribution in [1.29, 1.82) is 0 Å². The SMILES string of the molecule is Cc1cc(C(O)C(C)N)cnc1C. The lowest BCUT2D eigenvalue weighted by Crippen LogP contribution is -2.24. The van der Waals surface area contributed by atoms with Crippen LogP contribution in [0.3, 0.4) is 0 Å². The summed E-state index contributed by atoms with van der Waals surface area (Å²) in [7, 11) is 0. The molecule has 0 bridgehead atoms. The monoisotopic (exact) mass is 180 g/mol. The van der Waals surface area contributed by atoms with Gasteiger partial charge in [0.2, 0.25) is 0 Å². The first-order valence-corrected chi connectivity index (χ1v) is 4.39. The van der Waals surface area contributed by atoms with E-state index in [0.717, 1.165) is 16.8 Å². The van der Waals surface area contributed by atoms with Crippen LogP contribution in [0.5, 0.6) is 0 Å². The van der Waals surface area contributed by atoms with E-state index in [4.69, 9.17) is 5.73 Å². The van der Waals surface area contributed by atoms with Crippen molar-refractivity contribution in [2.45, 2.75) is 32.9 Å². The van der Waals surface area contributed by atoms with Gasteiger partial charge in [-0.1, -0.05) is 6.07 Å². The third-order valence-corrected chi connectivity index (χ3v) is 2.20. The summed E-state index contributed by atoms with van der Waals surface area (Å²) < 4.78 is 0. The predicted octanol–water partition coefficient (Wildman–Crippen LogP) is 1.08. The van der Waals surface area contributed by atoms with Crippen molar-refractivity contribution in [3.8, 4) is 0 Å². The zero-order valence-corrected chi connectivity index (χ0v) is 8.28. The minimum Gasteiger partial charge on any atom is -0.387 e. The molecule has 2 unspecified atom stereocenters. The van der Waals surface area contributed by atoms with Gasteiger partial charge in [0, 0.05) is 23.5 Å². The Balaban J connectivity index is 2.97. The molecule has 3 heteroatoms. The number of aryl methyl sites for hydroxylation is 2. The van der Waals surface area contributed by atoms with E-state index in [2.05, 4.69) is 4.98 Å². The molecule has 1 aromatic heterocycles. The van der Waals surface area contributed by atoms with Crippen molar-refractivity contribution >= 4 is 0 Å². The standard InChI is InChI=1S/C10H16N2O/c1-6-4-9(5-12-8(6)3)10(13)7(2)11/h4-5,7,10,13H,11H2,1-3H3. The molecule has 0 fully saturated rings. The van der Waals surface area contributed by atoms with Crippen molar-refractivity contribution in [3.05, 3.63) is 29.1 Å². The number of hydrogen-bond acceptors (Lipinski definition) is 3. The van der Waals surface area contributed by atoms with Crippen molar-refractivity contribution < 1.29 is 5.11 Å². The quantitative estimate of drug-likeness (QED) is 0.716. The summed E-state index contributed by atoms with van der Waals surface area (Å²) in [5.41, 5.74) is 8.44. The molecule has 1 rings (SSSR count). The molecule has 0 aliphatic carbocycles. The largest absolute Gasteiger partial charge is 0.387 e. The van der Waals surface area contributed by atoms with E-state index in [1.807, 2.05) is 19.9 Å². The zero-order chi connectivity index (χ0) is 10.0. The van der Waals surface area contributed by atoms with E-state index in [9.17, 15) is 5.11 Å². The van der Waals surface area contributed by atoms with Gasteiger partial charge < -0.3 is 10.8 Å². The number of hydrogen-bond donors (Lipinski definition) is 2. The van der Waals surface area contributed by atoms with E-state index in [-0.39, 0.29) is 6.04 Å². The molecule has 0 radical (unpaired) electrons. The molecular weight excluding hydrogens is 164 g/mol. The molecule has 1 heterocycles. The minimum absolute atomic E-state index is 0.260. The van der Waals surface area contributed by atoms with Crippen LogP contribution in [-0.4, -0.2) is 16.1 Å². The van der Waals surface area contributed by atoms with Crippen LogP contribution in [0.1, 0.15) is 29.8 Å². The molecule has 2 atom stereocenters. The average molecular weight is 180 g/mol. The molecule has 0 aliphatic heterocycles. The van der Waals surface area contributed by atoms with Crippen LogP contribution in [0.4, 0.5) is 0 Å². The molecule has 0 aliphatic rings. The van der Waals surface area contributed by atoms with Crippen molar-refractivity contribution in [1.82, 2.24) is 4.98 Å². The zero-order valence-electron chi connectivity index (χ0n) is 8.28. The van der Waals surface area contributed by atoms with Crippen LogP contribution >= 0.6 is 0 Å². The Morgan fingerprint density at radius 1 is 1.46 bits per heavy atom. The van der Waals surface area contributed by atoms with E-state index in [0.29, 0.717) is 0 Å². The topological polar surface area (TPSA) is 59.1 Å². The highest BCUT2D eigenvalue weighted by molar-refractivity contribution is 5.25. The van der Waals surface area contributed by atoms with Gasteiger partial charge in [-0.2, -0.15) is 0 Å². The fraction of sp³-hybridized carbons (Fsp3) is 0.500. The average Bonchev–Trinajstić information content (AvgIpc) is 2.08. The Morgan fingerprint density at radius 3 is 2.54 bits per heavy atom. The maximum Gasteiger partial charge on any atom is 0.0953 e. The first-order chi connectivity index (χ1) is 6.02. The number of nitrogens with zero attached hydrogens (tertiary/aromatic N) is 1. The maximum atomic E-state index is 9.65. The van der Waals surface area contributed by atoms with E-state index in [1.165, 1.54) is 0 Å². The van der Waals surface area contributed by atoms with E-state index < -0.39 is 6.10 Å². The number of pyridine rings is 1. The molecule has 0 amide bonds. The summed E-state index contributed by atoms with van der Waals surface area (Å²) in [6.45, 7) is 5.69. The summed E-state index contributed by atoms with van der Waals surface area (Å²) in [6, 6.07) is 1.67. The third kappa shape index (κ3) is 2.26. The molecule has 13 heavy (non-hydrogen) atoms. The molecule has 3 nitrogen and oxygen atoms in total. The molecule has 3 N–H and O–H groups in total. The molecule has 0 spiro atoms. The molecular formula is C10H16N2O. The normalized spacial score (nSPS) is 15.5. The molecule has 0 saturated carbocycles. The molecule has 1 aromatic rings. The smallest absolute Gasteiger partial charge is 0.0953 e. The second kappa shape index (κ2) is 3.85. The van der Waals surface area contributed by atoms with Crippen LogP contribution < -0.4 is 5.73 Å². The van der Waals surface area contributed by atoms with Crippen LogP contribution in [0.15, 0.2) is 12.3 Å². The van der Waals surface area contributed by atoms with Gasteiger partial charge in [0.05, 0.1) is 6.10 Å². The Labute approximate surface area is 78.6 Å². The Hall–Kier alpha value is -0.930. The van der Waals surface area contributed by atoms with Crippen molar-refractivity contribution in [2.75, 3.05) is 0 Å². The second-order valence-corrected chi connectivity index (χ2v) is 3.47.